The molecule has 3 nitrogen and oxygen atoms in total. The van der Waals surface area contributed by atoms with Gasteiger partial charge in [0.1, 0.15) is 11.5 Å². The summed E-state index contributed by atoms with van der Waals surface area (Å²) in [7, 11) is -2.11. The molecule has 0 aromatic heterocycles. The first-order valence-electron chi connectivity index (χ1n) is 9.81. The van der Waals surface area contributed by atoms with E-state index in [9.17, 15) is 0 Å². The van der Waals surface area contributed by atoms with Crippen LogP contribution in [0.2, 0.25) is 12.1 Å². The van der Waals surface area contributed by atoms with E-state index in [-0.39, 0.29) is 0 Å². The molecule has 0 saturated carbocycles. The van der Waals surface area contributed by atoms with Crippen LogP contribution in [0, 0.1) is 0 Å². The average molecular weight is 373 g/mol. The first-order valence-corrected chi connectivity index (χ1v) is 12.0. The van der Waals surface area contributed by atoms with Crippen molar-refractivity contribution in [3.63, 3.8) is 0 Å². The lowest BCUT2D eigenvalue weighted by molar-refractivity contribution is 0.158. The van der Waals surface area contributed by atoms with Crippen LogP contribution in [0.25, 0.3) is 0 Å². The molecule has 2 aromatic rings. The Labute approximate surface area is 159 Å². The summed E-state index contributed by atoms with van der Waals surface area (Å²) in [5, 5.41) is 0. The largest absolute Gasteiger partial charge is 0.457 e. The monoisotopic (exact) mass is 372 g/mol. The van der Waals surface area contributed by atoms with Crippen molar-refractivity contribution in [2.75, 3.05) is 6.61 Å². The second kappa shape index (κ2) is 11.2. The molecule has 0 radical (unpaired) electrons. The fourth-order valence-electron chi connectivity index (χ4n) is 2.85. The van der Waals surface area contributed by atoms with Gasteiger partial charge in [0, 0.05) is 6.61 Å². The van der Waals surface area contributed by atoms with E-state index in [2.05, 4.69) is 32.9 Å². The fourth-order valence-corrected chi connectivity index (χ4v) is 5.19. The minimum Gasteiger partial charge on any atom is -0.457 e. The van der Waals surface area contributed by atoms with Crippen LogP contribution in [0.5, 0.6) is 11.5 Å². The highest BCUT2D eigenvalue weighted by Gasteiger charge is 2.33. The molecule has 0 saturated heterocycles. The van der Waals surface area contributed by atoms with Crippen LogP contribution in [0.3, 0.4) is 0 Å². The standard InChI is InChI=1S/C22H32O3Si/c1-4-7-11-17-23-26(5-2,6-3)24-19-20-13-12-16-22(18-20)25-21-14-9-8-10-15-21/h8-10,12-16,18H,4-7,11,17,19H2,1-3H3. The molecule has 0 aliphatic heterocycles. The van der Waals surface area contributed by atoms with Gasteiger partial charge in [0.25, 0.3) is 0 Å². The number of ether oxygens (including phenoxy) is 1. The second-order valence-corrected chi connectivity index (χ2v) is 10.3. The van der Waals surface area contributed by atoms with Gasteiger partial charge in [0.15, 0.2) is 0 Å². The lowest BCUT2D eigenvalue weighted by Gasteiger charge is -2.29. The SMILES string of the molecule is CCCCCO[Si](CC)(CC)OCc1cccc(Oc2ccccc2)c1. The van der Waals surface area contributed by atoms with Gasteiger partial charge in [-0.15, -0.1) is 0 Å². The van der Waals surface area contributed by atoms with E-state index < -0.39 is 8.56 Å². The molecule has 2 rings (SSSR count). The zero-order valence-corrected chi connectivity index (χ0v) is 17.4. The van der Waals surface area contributed by atoms with Crippen LogP contribution in [-0.4, -0.2) is 15.2 Å². The van der Waals surface area contributed by atoms with Crippen LogP contribution < -0.4 is 4.74 Å². The molecule has 142 valence electrons. The van der Waals surface area contributed by atoms with Crippen LogP contribution in [0.4, 0.5) is 0 Å². The highest BCUT2D eigenvalue weighted by Crippen LogP contribution is 2.25. The summed E-state index contributed by atoms with van der Waals surface area (Å²) < 4.78 is 18.5. The lowest BCUT2D eigenvalue weighted by Crippen LogP contribution is -2.40. The lowest BCUT2D eigenvalue weighted by atomic mass is 10.2. The summed E-state index contributed by atoms with van der Waals surface area (Å²) >= 11 is 0. The van der Waals surface area contributed by atoms with Crippen molar-refractivity contribution >= 4 is 8.56 Å². The molecule has 0 heterocycles. The number of para-hydroxylation sites is 1. The first kappa shape index (κ1) is 20.7. The van der Waals surface area contributed by atoms with E-state index in [1.165, 1.54) is 12.8 Å². The molecule has 0 atom stereocenters. The Morgan fingerprint density at radius 1 is 0.769 bits per heavy atom. The van der Waals surface area contributed by atoms with Gasteiger partial charge in [-0.3, -0.25) is 0 Å². The minimum atomic E-state index is -2.11. The number of hydrogen-bond acceptors (Lipinski definition) is 3. The zero-order valence-electron chi connectivity index (χ0n) is 16.4. The molecule has 0 aliphatic carbocycles. The number of hydrogen-bond donors (Lipinski definition) is 0. The molecule has 4 heteroatoms. The van der Waals surface area contributed by atoms with E-state index >= 15 is 0 Å². The summed E-state index contributed by atoms with van der Waals surface area (Å²) in [6, 6.07) is 19.9. The van der Waals surface area contributed by atoms with Crippen LogP contribution in [0.15, 0.2) is 54.6 Å². The van der Waals surface area contributed by atoms with Crippen LogP contribution in [0.1, 0.15) is 45.6 Å². The topological polar surface area (TPSA) is 27.7 Å². The maximum atomic E-state index is 6.36. The van der Waals surface area contributed by atoms with Crippen molar-refractivity contribution in [2.24, 2.45) is 0 Å². The second-order valence-electron chi connectivity index (χ2n) is 6.52. The van der Waals surface area contributed by atoms with Gasteiger partial charge in [-0.05, 0) is 48.3 Å². The van der Waals surface area contributed by atoms with Gasteiger partial charge in [-0.1, -0.05) is 63.9 Å². The molecule has 0 unspecified atom stereocenters. The normalized spacial score (nSPS) is 11.5. The summed E-state index contributed by atoms with van der Waals surface area (Å²) in [6.45, 7) is 7.98. The predicted octanol–water partition coefficient (Wildman–Crippen LogP) is 6.68. The number of benzene rings is 2. The highest BCUT2D eigenvalue weighted by atomic mass is 28.4. The Morgan fingerprint density at radius 2 is 1.50 bits per heavy atom. The Balaban J connectivity index is 1.94. The molecule has 0 bridgehead atoms. The molecule has 0 amide bonds. The van der Waals surface area contributed by atoms with Crippen molar-refractivity contribution in [1.82, 2.24) is 0 Å². The minimum absolute atomic E-state index is 0.577. The third-order valence-electron chi connectivity index (χ3n) is 4.57. The van der Waals surface area contributed by atoms with Crippen molar-refractivity contribution in [3.8, 4) is 11.5 Å². The maximum absolute atomic E-state index is 6.36. The molecular weight excluding hydrogens is 340 g/mol. The Morgan fingerprint density at radius 3 is 2.19 bits per heavy atom. The first-order chi connectivity index (χ1) is 12.7. The average Bonchev–Trinajstić information content (AvgIpc) is 2.69. The molecule has 2 aromatic carbocycles. The van der Waals surface area contributed by atoms with Crippen molar-refractivity contribution in [2.45, 2.75) is 58.7 Å². The Kier molecular flexibility index (Phi) is 8.88. The van der Waals surface area contributed by atoms with Gasteiger partial charge < -0.3 is 13.6 Å². The molecule has 0 N–H and O–H groups in total. The van der Waals surface area contributed by atoms with E-state index in [1.54, 1.807) is 0 Å². The fraction of sp³-hybridized carbons (Fsp3) is 0.455. The number of unbranched alkanes of at least 4 members (excludes halogenated alkanes) is 2. The van der Waals surface area contributed by atoms with Gasteiger partial charge in [0.2, 0.25) is 0 Å². The molecule has 0 aliphatic rings. The molecule has 26 heavy (non-hydrogen) atoms. The van der Waals surface area contributed by atoms with Crippen LogP contribution >= 0.6 is 0 Å². The summed E-state index contributed by atoms with van der Waals surface area (Å²) in [5.74, 6) is 1.68. The van der Waals surface area contributed by atoms with Crippen LogP contribution in [-0.2, 0) is 15.5 Å². The van der Waals surface area contributed by atoms with Gasteiger partial charge >= 0.3 is 8.56 Å². The maximum Gasteiger partial charge on any atom is 0.337 e. The summed E-state index contributed by atoms with van der Waals surface area (Å²) in [4.78, 5) is 0. The predicted molar refractivity (Wildman–Crippen MR) is 110 cm³/mol. The van der Waals surface area contributed by atoms with Gasteiger partial charge in [-0.2, -0.15) is 0 Å². The van der Waals surface area contributed by atoms with Gasteiger partial charge in [0.05, 0.1) is 6.61 Å². The highest BCUT2D eigenvalue weighted by molar-refractivity contribution is 6.67. The van der Waals surface area contributed by atoms with E-state index in [4.69, 9.17) is 13.6 Å². The van der Waals surface area contributed by atoms with E-state index in [0.29, 0.717) is 6.61 Å². The summed E-state index contributed by atoms with van der Waals surface area (Å²) in [5.41, 5.74) is 1.12. The molecule has 0 fully saturated rings. The Hall–Kier alpha value is -1.62. The molecular formula is C22H32O3Si. The smallest absolute Gasteiger partial charge is 0.337 e. The third-order valence-corrected chi connectivity index (χ3v) is 8.12. The Bertz CT molecular complexity index is 626. The van der Waals surface area contributed by atoms with E-state index in [0.717, 1.165) is 42.2 Å². The van der Waals surface area contributed by atoms with Crippen molar-refractivity contribution in [1.29, 1.82) is 0 Å². The number of rotatable bonds is 12. The van der Waals surface area contributed by atoms with Gasteiger partial charge in [-0.25, -0.2) is 0 Å². The third kappa shape index (κ3) is 6.59. The van der Waals surface area contributed by atoms with E-state index in [1.807, 2.05) is 42.5 Å². The van der Waals surface area contributed by atoms with Crippen molar-refractivity contribution < 1.29 is 13.6 Å². The quantitative estimate of drug-likeness (QED) is 0.307. The summed E-state index contributed by atoms with van der Waals surface area (Å²) in [6.07, 6.45) is 3.55. The zero-order chi connectivity index (χ0) is 18.7. The molecule has 0 spiro atoms. The van der Waals surface area contributed by atoms with Crippen molar-refractivity contribution in [3.05, 3.63) is 60.2 Å².